The molecular weight excluding hydrogens is 258 g/mol. The van der Waals surface area contributed by atoms with Crippen molar-refractivity contribution in [2.24, 2.45) is 0 Å². The number of hydrogen-bond acceptors (Lipinski definition) is 4. The normalized spacial score (nSPS) is 21.4. The van der Waals surface area contributed by atoms with Gasteiger partial charge < -0.3 is 19.6 Å². The van der Waals surface area contributed by atoms with Crippen LogP contribution >= 0.6 is 0 Å². The average molecular weight is 273 g/mol. The van der Waals surface area contributed by atoms with Gasteiger partial charge in [0.2, 0.25) is 0 Å². The van der Waals surface area contributed by atoms with Crippen molar-refractivity contribution in [2.75, 3.05) is 6.61 Å². The highest BCUT2D eigenvalue weighted by Gasteiger charge is 2.28. The highest BCUT2D eigenvalue weighted by atomic mass is 16.5. The molecule has 0 spiro atoms. The van der Waals surface area contributed by atoms with Gasteiger partial charge in [-0.25, -0.2) is 0 Å². The Morgan fingerprint density at radius 3 is 2.90 bits per heavy atom. The zero-order valence-electron chi connectivity index (χ0n) is 10.8. The minimum atomic E-state index is -0.799. The fraction of sp³-hybridized carbons (Fsp3) is 0.267. The molecule has 0 saturated heterocycles. The molecule has 2 heterocycles. The number of aliphatic hydroxyl groups is 1. The van der Waals surface area contributed by atoms with E-state index in [4.69, 9.17) is 9.15 Å². The van der Waals surface area contributed by atoms with Gasteiger partial charge in [0.25, 0.3) is 5.91 Å². The Morgan fingerprint density at radius 1 is 1.25 bits per heavy atom. The lowest BCUT2D eigenvalue weighted by Gasteiger charge is -2.21. The molecule has 1 aliphatic heterocycles. The van der Waals surface area contributed by atoms with E-state index in [2.05, 4.69) is 5.32 Å². The summed E-state index contributed by atoms with van der Waals surface area (Å²) in [7, 11) is 0. The number of ether oxygens (including phenoxy) is 1. The average Bonchev–Trinajstić information content (AvgIpc) is 2.95. The summed E-state index contributed by atoms with van der Waals surface area (Å²) < 4.78 is 10.6. The van der Waals surface area contributed by atoms with Crippen LogP contribution in [0, 0.1) is 0 Å². The first-order chi connectivity index (χ1) is 9.75. The third-order valence-corrected chi connectivity index (χ3v) is 3.37. The molecule has 20 heavy (non-hydrogen) atoms. The van der Waals surface area contributed by atoms with Crippen LogP contribution in [0.2, 0.25) is 0 Å². The van der Waals surface area contributed by atoms with Crippen LogP contribution in [0.25, 0.3) is 0 Å². The smallest absolute Gasteiger partial charge is 0.287 e. The molecule has 0 radical (unpaired) electrons. The molecule has 0 bridgehead atoms. The van der Waals surface area contributed by atoms with Crippen LogP contribution in [0.15, 0.2) is 47.1 Å². The lowest BCUT2D eigenvalue weighted by Crippen LogP contribution is -2.39. The van der Waals surface area contributed by atoms with Crippen molar-refractivity contribution in [2.45, 2.75) is 18.6 Å². The SMILES string of the molecule is O=C(NC1CCOc2ccccc2C1O)c1ccco1. The zero-order valence-corrected chi connectivity index (χ0v) is 10.8. The number of aliphatic hydroxyl groups excluding tert-OH is 1. The summed E-state index contributed by atoms with van der Waals surface area (Å²) in [5, 5.41) is 13.2. The zero-order chi connectivity index (χ0) is 13.9. The third kappa shape index (κ3) is 2.40. The summed E-state index contributed by atoms with van der Waals surface area (Å²) in [5.41, 5.74) is 0.690. The van der Waals surface area contributed by atoms with E-state index >= 15 is 0 Å². The molecule has 3 rings (SSSR count). The molecule has 104 valence electrons. The maximum Gasteiger partial charge on any atom is 0.287 e. The van der Waals surface area contributed by atoms with Gasteiger partial charge in [0.1, 0.15) is 11.9 Å². The van der Waals surface area contributed by atoms with Crippen molar-refractivity contribution in [3.8, 4) is 5.75 Å². The molecule has 0 saturated carbocycles. The van der Waals surface area contributed by atoms with E-state index < -0.39 is 12.1 Å². The number of amides is 1. The monoisotopic (exact) mass is 273 g/mol. The summed E-state index contributed by atoms with van der Waals surface area (Å²) in [4.78, 5) is 12.0. The Hall–Kier alpha value is -2.27. The van der Waals surface area contributed by atoms with Crippen molar-refractivity contribution in [3.05, 3.63) is 54.0 Å². The van der Waals surface area contributed by atoms with E-state index in [-0.39, 0.29) is 11.7 Å². The fourth-order valence-corrected chi connectivity index (χ4v) is 2.33. The molecule has 2 N–H and O–H groups in total. The van der Waals surface area contributed by atoms with Gasteiger partial charge in [-0.05, 0) is 18.2 Å². The van der Waals surface area contributed by atoms with Crippen LogP contribution in [0.3, 0.4) is 0 Å². The number of rotatable bonds is 2. The Labute approximate surface area is 116 Å². The van der Waals surface area contributed by atoms with Gasteiger partial charge in [0, 0.05) is 12.0 Å². The summed E-state index contributed by atoms with van der Waals surface area (Å²) >= 11 is 0. The number of hydrogen-bond donors (Lipinski definition) is 2. The van der Waals surface area contributed by atoms with E-state index in [1.165, 1.54) is 6.26 Å². The van der Waals surface area contributed by atoms with Crippen molar-refractivity contribution in [1.29, 1.82) is 0 Å². The van der Waals surface area contributed by atoms with Gasteiger partial charge in [-0.15, -0.1) is 0 Å². The fourth-order valence-electron chi connectivity index (χ4n) is 2.33. The highest BCUT2D eigenvalue weighted by Crippen LogP contribution is 2.31. The lowest BCUT2D eigenvalue weighted by molar-refractivity contribution is 0.0799. The maximum atomic E-state index is 12.0. The third-order valence-electron chi connectivity index (χ3n) is 3.37. The molecule has 0 aliphatic carbocycles. The quantitative estimate of drug-likeness (QED) is 0.876. The minimum Gasteiger partial charge on any atom is -0.493 e. The summed E-state index contributed by atoms with van der Waals surface area (Å²) in [5.74, 6) is 0.559. The molecule has 1 aromatic heterocycles. The second-order valence-corrected chi connectivity index (χ2v) is 4.68. The topological polar surface area (TPSA) is 71.7 Å². The number of carbonyl (C=O) groups excluding carboxylic acids is 1. The van der Waals surface area contributed by atoms with Crippen molar-refractivity contribution < 1.29 is 19.1 Å². The van der Waals surface area contributed by atoms with Crippen LogP contribution in [0.4, 0.5) is 0 Å². The second-order valence-electron chi connectivity index (χ2n) is 4.68. The summed E-state index contributed by atoms with van der Waals surface area (Å²) in [6.45, 7) is 0.442. The first-order valence-electron chi connectivity index (χ1n) is 6.50. The molecule has 1 aromatic carbocycles. The molecular formula is C15H15NO4. The van der Waals surface area contributed by atoms with Gasteiger partial charge >= 0.3 is 0 Å². The standard InChI is InChI=1S/C15H15NO4/c17-14-10-4-1-2-5-12(10)20-9-7-11(14)16-15(18)13-6-3-8-19-13/h1-6,8,11,14,17H,7,9H2,(H,16,18). The van der Waals surface area contributed by atoms with E-state index in [9.17, 15) is 9.90 Å². The van der Waals surface area contributed by atoms with Gasteiger partial charge in [-0.1, -0.05) is 18.2 Å². The van der Waals surface area contributed by atoms with Crippen LogP contribution in [0.1, 0.15) is 28.6 Å². The van der Waals surface area contributed by atoms with Crippen LogP contribution in [-0.2, 0) is 0 Å². The number of nitrogens with one attached hydrogen (secondary N) is 1. The van der Waals surface area contributed by atoms with E-state index in [1.807, 2.05) is 18.2 Å². The Bertz CT molecular complexity index is 594. The summed E-state index contributed by atoms with van der Waals surface area (Å²) in [6.07, 6.45) is 1.17. The molecule has 5 nitrogen and oxygen atoms in total. The van der Waals surface area contributed by atoms with Gasteiger partial charge in [-0.2, -0.15) is 0 Å². The number of furan rings is 1. The van der Waals surface area contributed by atoms with Crippen LogP contribution in [0.5, 0.6) is 5.75 Å². The molecule has 2 unspecified atom stereocenters. The first-order valence-corrected chi connectivity index (χ1v) is 6.50. The summed E-state index contributed by atoms with van der Waals surface area (Å²) in [6, 6.07) is 10.1. The number of carbonyl (C=O) groups is 1. The van der Waals surface area contributed by atoms with Gasteiger partial charge in [0.05, 0.1) is 18.9 Å². The van der Waals surface area contributed by atoms with E-state index in [1.54, 1.807) is 18.2 Å². The Morgan fingerprint density at radius 2 is 2.10 bits per heavy atom. The van der Waals surface area contributed by atoms with E-state index in [0.717, 1.165) is 0 Å². The second kappa shape index (κ2) is 5.38. The number of para-hydroxylation sites is 1. The lowest BCUT2D eigenvalue weighted by atomic mass is 10.00. The minimum absolute atomic E-state index is 0.232. The molecule has 2 atom stereocenters. The number of fused-ring (bicyclic) bond motifs is 1. The molecule has 2 aromatic rings. The molecule has 0 fully saturated rings. The highest BCUT2D eigenvalue weighted by molar-refractivity contribution is 5.91. The largest absolute Gasteiger partial charge is 0.493 e. The van der Waals surface area contributed by atoms with Crippen molar-refractivity contribution in [1.82, 2.24) is 5.32 Å². The first kappa shape index (κ1) is 12.7. The van der Waals surface area contributed by atoms with Crippen molar-refractivity contribution in [3.63, 3.8) is 0 Å². The Balaban J connectivity index is 1.79. The van der Waals surface area contributed by atoms with E-state index in [0.29, 0.717) is 24.3 Å². The number of benzene rings is 1. The van der Waals surface area contributed by atoms with Crippen LogP contribution < -0.4 is 10.1 Å². The van der Waals surface area contributed by atoms with Gasteiger partial charge in [-0.3, -0.25) is 4.79 Å². The molecule has 1 aliphatic rings. The predicted octanol–water partition coefficient (Wildman–Crippen LogP) is 1.89. The van der Waals surface area contributed by atoms with Crippen LogP contribution in [-0.4, -0.2) is 23.7 Å². The molecule has 1 amide bonds. The van der Waals surface area contributed by atoms with Crippen molar-refractivity contribution >= 4 is 5.91 Å². The Kier molecular flexibility index (Phi) is 3.43. The predicted molar refractivity (Wildman–Crippen MR) is 71.5 cm³/mol. The molecule has 5 heteroatoms. The maximum absolute atomic E-state index is 12.0. The van der Waals surface area contributed by atoms with Gasteiger partial charge in [0.15, 0.2) is 5.76 Å².